The largest absolute Gasteiger partial charge is 0.454 e. The number of hydrogen-bond acceptors (Lipinski definition) is 4. The highest BCUT2D eigenvalue weighted by Crippen LogP contribution is 2.36. The Hall–Kier alpha value is -3.34. The molecule has 0 fully saturated rings. The van der Waals surface area contributed by atoms with Crippen LogP contribution in [0.25, 0.3) is 11.3 Å². The maximum Gasteiger partial charge on any atom is 0.257 e. The number of ether oxygens (including phenoxy) is 2. The fourth-order valence-corrected chi connectivity index (χ4v) is 2.88. The summed E-state index contributed by atoms with van der Waals surface area (Å²) in [6, 6.07) is 14.9. The third-order valence-electron chi connectivity index (χ3n) is 4.46. The number of carbonyl (C=O) groups is 1. The fraction of sp³-hybridized carbons (Fsp3) is 0.143. The summed E-state index contributed by atoms with van der Waals surface area (Å²) in [5.74, 6) is 1.16. The number of aryl methyl sites for hydroxylation is 2. The van der Waals surface area contributed by atoms with Gasteiger partial charge in [-0.25, -0.2) is 0 Å². The van der Waals surface area contributed by atoms with Crippen LogP contribution in [0.5, 0.6) is 11.5 Å². The zero-order chi connectivity index (χ0) is 18.1. The van der Waals surface area contributed by atoms with Gasteiger partial charge >= 0.3 is 0 Å². The molecule has 0 bridgehead atoms. The van der Waals surface area contributed by atoms with Crippen molar-refractivity contribution in [3.8, 4) is 22.8 Å². The molecule has 2 heterocycles. The number of nitrogens with zero attached hydrogens (tertiary/aromatic N) is 1. The number of benzene rings is 2. The standard InChI is InChI=1S/C21H18N2O3/c1-13-5-7-16(10-14(13)2)23-21(24)17-4-3-9-22-20(17)15-6-8-18-19(11-15)26-12-25-18/h3-11H,12H2,1-2H3,(H,23,24). The summed E-state index contributed by atoms with van der Waals surface area (Å²) in [5, 5.41) is 2.95. The Labute approximate surface area is 151 Å². The van der Waals surface area contributed by atoms with Crippen LogP contribution in [0.2, 0.25) is 0 Å². The lowest BCUT2D eigenvalue weighted by Gasteiger charge is -2.11. The number of fused-ring (bicyclic) bond motifs is 1. The lowest BCUT2D eigenvalue weighted by molar-refractivity contribution is 0.102. The Morgan fingerprint density at radius 3 is 2.69 bits per heavy atom. The molecular weight excluding hydrogens is 328 g/mol. The van der Waals surface area contributed by atoms with Gasteiger partial charge in [0.2, 0.25) is 6.79 Å². The highest BCUT2D eigenvalue weighted by molar-refractivity contribution is 6.08. The minimum Gasteiger partial charge on any atom is -0.454 e. The quantitative estimate of drug-likeness (QED) is 0.766. The molecule has 0 aliphatic carbocycles. The molecule has 3 aromatic rings. The van der Waals surface area contributed by atoms with Gasteiger partial charge < -0.3 is 14.8 Å². The first-order valence-electron chi connectivity index (χ1n) is 8.35. The van der Waals surface area contributed by atoms with E-state index < -0.39 is 0 Å². The number of hydrogen-bond donors (Lipinski definition) is 1. The van der Waals surface area contributed by atoms with E-state index in [4.69, 9.17) is 9.47 Å². The number of anilines is 1. The van der Waals surface area contributed by atoms with Crippen LogP contribution in [-0.2, 0) is 0 Å². The van der Waals surface area contributed by atoms with Crippen molar-refractivity contribution in [2.45, 2.75) is 13.8 Å². The minimum absolute atomic E-state index is 0.200. The van der Waals surface area contributed by atoms with E-state index in [1.165, 1.54) is 5.56 Å². The lowest BCUT2D eigenvalue weighted by atomic mass is 10.0. The first-order valence-corrected chi connectivity index (χ1v) is 8.35. The Morgan fingerprint density at radius 2 is 1.85 bits per heavy atom. The molecule has 5 heteroatoms. The molecule has 1 amide bonds. The van der Waals surface area contributed by atoms with Crippen molar-refractivity contribution in [3.05, 3.63) is 71.4 Å². The number of rotatable bonds is 3. The Balaban J connectivity index is 1.67. The second-order valence-corrected chi connectivity index (χ2v) is 6.22. The van der Waals surface area contributed by atoms with Crippen LogP contribution >= 0.6 is 0 Å². The van der Waals surface area contributed by atoms with E-state index in [2.05, 4.69) is 10.3 Å². The fourth-order valence-electron chi connectivity index (χ4n) is 2.88. The molecule has 4 rings (SSSR count). The molecule has 0 radical (unpaired) electrons. The van der Waals surface area contributed by atoms with Gasteiger partial charge in [0.25, 0.3) is 5.91 Å². The third kappa shape index (κ3) is 2.99. The zero-order valence-electron chi connectivity index (χ0n) is 14.6. The first-order chi connectivity index (χ1) is 12.6. The van der Waals surface area contributed by atoms with Gasteiger partial charge in [-0.1, -0.05) is 6.07 Å². The molecule has 0 atom stereocenters. The van der Waals surface area contributed by atoms with Crippen molar-refractivity contribution in [1.29, 1.82) is 0 Å². The average molecular weight is 346 g/mol. The van der Waals surface area contributed by atoms with E-state index in [9.17, 15) is 4.79 Å². The molecule has 1 aromatic heterocycles. The predicted molar refractivity (Wildman–Crippen MR) is 99.7 cm³/mol. The van der Waals surface area contributed by atoms with Crippen molar-refractivity contribution >= 4 is 11.6 Å². The van der Waals surface area contributed by atoms with Crippen LogP contribution in [0.1, 0.15) is 21.5 Å². The SMILES string of the molecule is Cc1ccc(NC(=O)c2cccnc2-c2ccc3c(c2)OCO3)cc1C. The van der Waals surface area contributed by atoms with Gasteiger partial charge in [-0.2, -0.15) is 0 Å². The molecule has 0 saturated carbocycles. The van der Waals surface area contributed by atoms with Crippen LogP contribution in [0.15, 0.2) is 54.7 Å². The summed E-state index contributed by atoms with van der Waals surface area (Å²) in [5.41, 5.74) is 4.99. The van der Waals surface area contributed by atoms with Gasteiger partial charge in [0.1, 0.15) is 0 Å². The van der Waals surface area contributed by atoms with E-state index in [-0.39, 0.29) is 12.7 Å². The zero-order valence-corrected chi connectivity index (χ0v) is 14.6. The first kappa shape index (κ1) is 16.1. The van der Waals surface area contributed by atoms with Crippen LogP contribution in [0.3, 0.4) is 0 Å². The number of aromatic nitrogens is 1. The number of carbonyl (C=O) groups excluding carboxylic acids is 1. The molecule has 0 unspecified atom stereocenters. The highest BCUT2D eigenvalue weighted by Gasteiger charge is 2.18. The second-order valence-electron chi connectivity index (χ2n) is 6.22. The van der Waals surface area contributed by atoms with E-state index in [0.29, 0.717) is 22.8 Å². The Bertz CT molecular complexity index is 998. The molecule has 2 aromatic carbocycles. The highest BCUT2D eigenvalue weighted by atomic mass is 16.7. The maximum atomic E-state index is 12.8. The monoisotopic (exact) mass is 346 g/mol. The van der Waals surface area contributed by atoms with Crippen LogP contribution in [-0.4, -0.2) is 17.7 Å². The topological polar surface area (TPSA) is 60.5 Å². The van der Waals surface area contributed by atoms with Gasteiger partial charge in [0.15, 0.2) is 11.5 Å². The number of pyridine rings is 1. The van der Waals surface area contributed by atoms with E-state index >= 15 is 0 Å². The summed E-state index contributed by atoms with van der Waals surface area (Å²) in [7, 11) is 0. The van der Waals surface area contributed by atoms with Crippen LogP contribution < -0.4 is 14.8 Å². The van der Waals surface area contributed by atoms with Crippen LogP contribution in [0.4, 0.5) is 5.69 Å². The summed E-state index contributed by atoms with van der Waals surface area (Å²) < 4.78 is 10.8. The van der Waals surface area contributed by atoms with Gasteiger partial charge in [-0.3, -0.25) is 9.78 Å². The molecule has 26 heavy (non-hydrogen) atoms. The molecule has 0 spiro atoms. The number of nitrogens with one attached hydrogen (secondary N) is 1. The second kappa shape index (κ2) is 6.52. The molecule has 1 N–H and O–H groups in total. The number of amides is 1. The van der Waals surface area contributed by atoms with Crippen molar-refractivity contribution in [2.24, 2.45) is 0 Å². The summed E-state index contributed by atoms with van der Waals surface area (Å²) >= 11 is 0. The van der Waals surface area contributed by atoms with Crippen molar-refractivity contribution < 1.29 is 14.3 Å². The molecule has 0 saturated heterocycles. The minimum atomic E-state index is -0.200. The summed E-state index contributed by atoms with van der Waals surface area (Å²) in [6.45, 7) is 4.27. The summed E-state index contributed by atoms with van der Waals surface area (Å²) in [6.07, 6.45) is 1.67. The summed E-state index contributed by atoms with van der Waals surface area (Å²) in [4.78, 5) is 17.2. The molecule has 130 valence electrons. The van der Waals surface area contributed by atoms with Gasteiger partial charge in [0.05, 0.1) is 11.3 Å². The smallest absolute Gasteiger partial charge is 0.257 e. The normalized spacial score (nSPS) is 12.1. The van der Waals surface area contributed by atoms with Gasteiger partial charge in [-0.05, 0) is 67.4 Å². The van der Waals surface area contributed by atoms with Gasteiger partial charge in [0, 0.05) is 17.4 Å². The molecule has 1 aliphatic rings. The predicted octanol–water partition coefficient (Wildman–Crippen LogP) is 4.35. The van der Waals surface area contributed by atoms with Crippen molar-refractivity contribution in [3.63, 3.8) is 0 Å². The lowest BCUT2D eigenvalue weighted by Crippen LogP contribution is -2.14. The maximum absolute atomic E-state index is 12.8. The van der Waals surface area contributed by atoms with E-state index in [1.54, 1.807) is 18.3 Å². The third-order valence-corrected chi connectivity index (χ3v) is 4.46. The molecule has 5 nitrogen and oxygen atoms in total. The molecule has 1 aliphatic heterocycles. The average Bonchev–Trinajstić information content (AvgIpc) is 3.12. The van der Waals surface area contributed by atoms with Gasteiger partial charge in [-0.15, -0.1) is 0 Å². The van der Waals surface area contributed by atoms with E-state index in [0.717, 1.165) is 16.8 Å². The Morgan fingerprint density at radius 1 is 1.00 bits per heavy atom. The van der Waals surface area contributed by atoms with Crippen molar-refractivity contribution in [1.82, 2.24) is 4.98 Å². The molecular formula is C21H18N2O3. The van der Waals surface area contributed by atoms with E-state index in [1.807, 2.05) is 50.2 Å². The van der Waals surface area contributed by atoms with Crippen LogP contribution in [0, 0.1) is 13.8 Å². The van der Waals surface area contributed by atoms with Crippen molar-refractivity contribution in [2.75, 3.05) is 12.1 Å². The Kier molecular flexibility index (Phi) is 4.05.